The Labute approximate surface area is 79.9 Å². The van der Waals surface area contributed by atoms with Gasteiger partial charge in [0.1, 0.15) is 5.54 Å². The van der Waals surface area contributed by atoms with E-state index in [9.17, 15) is 9.59 Å². The SMILES string of the molecule is N[C@@]1(C(=O)O)[C@@H]2C[C@@H]3[C@@H]1[C@@]3(C(=O)O)C2. The van der Waals surface area contributed by atoms with E-state index < -0.39 is 22.9 Å². The summed E-state index contributed by atoms with van der Waals surface area (Å²) in [7, 11) is 0. The lowest BCUT2D eigenvalue weighted by molar-refractivity contribution is -0.145. The third kappa shape index (κ3) is 0.507. The fourth-order valence-corrected chi connectivity index (χ4v) is 4.00. The second-order valence-corrected chi connectivity index (χ2v) is 4.80. The lowest BCUT2D eigenvalue weighted by atomic mass is 9.90. The lowest BCUT2D eigenvalue weighted by Crippen LogP contribution is -2.51. The molecule has 4 saturated carbocycles. The van der Waals surface area contributed by atoms with Crippen LogP contribution in [0.1, 0.15) is 12.8 Å². The molecule has 4 N–H and O–H groups in total. The smallest absolute Gasteiger partial charge is 0.324 e. The van der Waals surface area contributed by atoms with E-state index in [-0.39, 0.29) is 17.8 Å². The van der Waals surface area contributed by atoms with Crippen LogP contribution in [0.3, 0.4) is 0 Å². The Morgan fingerprint density at radius 1 is 1.29 bits per heavy atom. The molecule has 76 valence electrons. The molecule has 4 aliphatic carbocycles. The van der Waals surface area contributed by atoms with E-state index in [0.29, 0.717) is 12.8 Å². The molecule has 0 aromatic carbocycles. The van der Waals surface area contributed by atoms with E-state index in [1.807, 2.05) is 0 Å². The molecule has 4 bridgehead atoms. The van der Waals surface area contributed by atoms with Gasteiger partial charge in [0.2, 0.25) is 0 Å². The van der Waals surface area contributed by atoms with E-state index in [0.717, 1.165) is 0 Å². The van der Waals surface area contributed by atoms with Gasteiger partial charge in [-0.3, -0.25) is 9.59 Å². The largest absolute Gasteiger partial charge is 0.481 e. The Bertz CT molecular complexity index is 368. The molecule has 0 aliphatic heterocycles. The van der Waals surface area contributed by atoms with Gasteiger partial charge in [-0.2, -0.15) is 0 Å². The van der Waals surface area contributed by atoms with Crippen molar-refractivity contribution in [3.63, 3.8) is 0 Å². The molecule has 5 nitrogen and oxygen atoms in total. The van der Waals surface area contributed by atoms with Gasteiger partial charge in [-0.05, 0) is 24.7 Å². The minimum atomic E-state index is -1.26. The average Bonchev–Trinajstić information content (AvgIpc) is 2.45. The number of carboxylic acid groups (broad SMARTS) is 2. The minimum Gasteiger partial charge on any atom is -0.481 e. The number of rotatable bonds is 2. The van der Waals surface area contributed by atoms with Gasteiger partial charge in [-0.1, -0.05) is 0 Å². The topological polar surface area (TPSA) is 101 Å². The zero-order valence-electron chi connectivity index (χ0n) is 7.43. The summed E-state index contributed by atoms with van der Waals surface area (Å²) in [6.07, 6.45) is 1.14. The molecule has 0 aromatic heterocycles. The summed E-state index contributed by atoms with van der Waals surface area (Å²) in [4.78, 5) is 22.1. The highest BCUT2D eigenvalue weighted by molar-refractivity contribution is 5.90. The van der Waals surface area contributed by atoms with Crippen LogP contribution >= 0.6 is 0 Å². The number of carboxylic acids is 2. The average molecular weight is 197 g/mol. The van der Waals surface area contributed by atoms with Gasteiger partial charge in [0.25, 0.3) is 0 Å². The molecule has 5 heteroatoms. The third-order valence-corrected chi connectivity index (χ3v) is 4.59. The summed E-state index contributed by atoms with van der Waals surface area (Å²) in [5.74, 6) is -2.33. The van der Waals surface area contributed by atoms with Crippen molar-refractivity contribution in [3.8, 4) is 0 Å². The first-order valence-electron chi connectivity index (χ1n) is 4.71. The Balaban J connectivity index is 2.06. The first-order chi connectivity index (χ1) is 6.45. The first-order valence-corrected chi connectivity index (χ1v) is 4.71. The summed E-state index contributed by atoms with van der Waals surface area (Å²) in [6, 6.07) is 0. The molecule has 0 amide bonds. The van der Waals surface area contributed by atoms with E-state index in [1.165, 1.54) is 0 Å². The predicted molar refractivity (Wildman–Crippen MR) is 44.3 cm³/mol. The standard InChI is InChI=1S/C9H11NO4/c10-9(7(13)14)3-1-4-5(9)8(4,2-3)6(11)12/h3-5H,1-2,10H2,(H,11,12)(H,13,14)/t3-,4-,5-,8-,9+/m1/s1. The van der Waals surface area contributed by atoms with Crippen LogP contribution in [0.15, 0.2) is 0 Å². The summed E-state index contributed by atoms with van der Waals surface area (Å²) in [6.45, 7) is 0. The molecule has 5 atom stereocenters. The Kier molecular flexibility index (Phi) is 1.07. The minimum absolute atomic E-state index is 0.0195. The Morgan fingerprint density at radius 3 is 2.21 bits per heavy atom. The maximum atomic E-state index is 11.1. The molecule has 14 heavy (non-hydrogen) atoms. The monoisotopic (exact) mass is 197 g/mol. The van der Waals surface area contributed by atoms with Gasteiger partial charge < -0.3 is 15.9 Å². The van der Waals surface area contributed by atoms with Crippen LogP contribution in [0.25, 0.3) is 0 Å². The Morgan fingerprint density at radius 2 is 1.93 bits per heavy atom. The van der Waals surface area contributed by atoms with Gasteiger partial charge in [0.05, 0.1) is 5.41 Å². The van der Waals surface area contributed by atoms with Crippen LogP contribution in [-0.4, -0.2) is 27.7 Å². The van der Waals surface area contributed by atoms with E-state index >= 15 is 0 Å². The van der Waals surface area contributed by atoms with E-state index in [4.69, 9.17) is 15.9 Å². The molecule has 4 aliphatic rings. The molecule has 0 unspecified atom stereocenters. The van der Waals surface area contributed by atoms with Crippen molar-refractivity contribution in [1.82, 2.24) is 0 Å². The van der Waals surface area contributed by atoms with Crippen LogP contribution in [-0.2, 0) is 9.59 Å². The molecule has 0 aromatic rings. The first kappa shape index (κ1) is 8.23. The quantitative estimate of drug-likeness (QED) is 0.554. The van der Waals surface area contributed by atoms with Crippen molar-refractivity contribution in [2.45, 2.75) is 18.4 Å². The number of carbonyl (C=O) groups is 2. The summed E-state index contributed by atoms with van der Waals surface area (Å²) >= 11 is 0. The van der Waals surface area contributed by atoms with Crippen molar-refractivity contribution in [1.29, 1.82) is 0 Å². The van der Waals surface area contributed by atoms with Gasteiger partial charge >= 0.3 is 11.9 Å². The van der Waals surface area contributed by atoms with Crippen LogP contribution in [0, 0.1) is 23.2 Å². The van der Waals surface area contributed by atoms with Crippen molar-refractivity contribution in [2.24, 2.45) is 28.9 Å². The number of hydrogen-bond donors (Lipinski definition) is 3. The van der Waals surface area contributed by atoms with Crippen LogP contribution < -0.4 is 5.73 Å². The maximum absolute atomic E-state index is 11.1. The van der Waals surface area contributed by atoms with Crippen molar-refractivity contribution >= 4 is 11.9 Å². The van der Waals surface area contributed by atoms with E-state index in [2.05, 4.69) is 0 Å². The highest BCUT2D eigenvalue weighted by atomic mass is 16.4. The molecule has 4 fully saturated rings. The van der Waals surface area contributed by atoms with Crippen molar-refractivity contribution in [3.05, 3.63) is 0 Å². The second-order valence-electron chi connectivity index (χ2n) is 4.80. The molecule has 0 radical (unpaired) electrons. The number of hydrogen-bond acceptors (Lipinski definition) is 3. The third-order valence-electron chi connectivity index (χ3n) is 4.59. The van der Waals surface area contributed by atoms with Gasteiger partial charge in [0, 0.05) is 5.92 Å². The fourth-order valence-electron chi connectivity index (χ4n) is 4.00. The van der Waals surface area contributed by atoms with Crippen LogP contribution in [0.4, 0.5) is 0 Å². The number of aliphatic carboxylic acids is 2. The Hall–Kier alpha value is -1.10. The van der Waals surface area contributed by atoms with Gasteiger partial charge in [-0.25, -0.2) is 0 Å². The number of nitrogens with two attached hydrogens (primary N) is 1. The molecular weight excluding hydrogens is 186 g/mol. The summed E-state index contributed by atoms with van der Waals surface area (Å²) < 4.78 is 0. The van der Waals surface area contributed by atoms with Crippen molar-refractivity contribution < 1.29 is 19.8 Å². The second kappa shape index (κ2) is 1.82. The van der Waals surface area contributed by atoms with Crippen LogP contribution in [0.2, 0.25) is 0 Å². The molecule has 4 rings (SSSR count). The fraction of sp³-hybridized carbons (Fsp3) is 0.778. The molecule has 0 spiro atoms. The summed E-state index contributed by atoms with van der Waals surface area (Å²) in [5, 5.41) is 18.1. The maximum Gasteiger partial charge on any atom is 0.324 e. The zero-order chi connectivity index (χ0) is 10.3. The molecular formula is C9H11NO4. The molecule has 0 saturated heterocycles. The van der Waals surface area contributed by atoms with Gasteiger partial charge in [-0.15, -0.1) is 0 Å². The van der Waals surface area contributed by atoms with Gasteiger partial charge in [0.15, 0.2) is 0 Å². The van der Waals surface area contributed by atoms with Crippen molar-refractivity contribution in [2.75, 3.05) is 0 Å². The zero-order valence-corrected chi connectivity index (χ0v) is 7.43. The molecule has 0 heterocycles. The summed E-state index contributed by atoms with van der Waals surface area (Å²) in [5.41, 5.74) is 3.79. The van der Waals surface area contributed by atoms with E-state index in [1.54, 1.807) is 0 Å². The highest BCUT2D eigenvalue weighted by Gasteiger charge is 2.88. The predicted octanol–water partition coefficient (Wildman–Crippen LogP) is -0.491. The van der Waals surface area contributed by atoms with Crippen LogP contribution in [0.5, 0.6) is 0 Å². The normalized spacial score (nSPS) is 57.4. The lowest BCUT2D eigenvalue weighted by Gasteiger charge is -2.22. The highest BCUT2D eigenvalue weighted by Crippen LogP contribution is 2.81.